The Kier molecular flexibility index (Phi) is 3.68. The third-order valence-electron chi connectivity index (χ3n) is 3.49. The van der Waals surface area contributed by atoms with Crippen LogP contribution in [0.25, 0.3) is 5.69 Å². The molecule has 0 radical (unpaired) electrons. The third kappa shape index (κ3) is 2.79. The highest BCUT2D eigenvalue weighted by Crippen LogP contribution is 2.13. The lowest BCUT2D eigenvalue weighted by Crippen LogP contribution is -2.35. The molecule has 6 heteroatoms. The lowest BCUT2D eigenvalue weighted by molar-refractivity contribution is -0.120. The Hall–Kier alpha value is -2.63. The molecule has 1 fully saturated rings. The van der Waals surface area contributed by atoms with Crippen molar-refractivity contribution in [3.8, 4) is 5.69 Å². The second kappa shape index (κ2) is 5.78. The van der Waals surface area contributed by atoms with Crippen molar-refractivity contribution in [1.82, 2.24) is 19.8 Å². The van der Waals surface area contributed by atoms with Gasteiger partial charge in [0.25, 0.3) is 5.91 Å². The van der Waals surface area contributed by atoms with E-state index >= 15 is 0 Å². The van der Waals surface area contributed by atoms with Gasteiger partial charge >= 0.3 is 0 Å². The number of benzene rings is 1. The summed E-state index contributed by atoms with van der Waals surface area (Å²) >= 11 is 0. The van der Waals surface area contributed by atoms with Crippen LogP contribution in [0.15, 0.2) is 42.9 Å². The molecule has 1 saturated heterocycles. The van der Waals surface area contributed by atoms with Gasteiger partial charge in [-0.1, -0.05) is 18.2 Å². The number of aromatic nitrogens is 2. The molecule has 2 amide bonds. The Balaban J connectivity index is 1.86. The van der Waals surface area contributed by atoms with Gasteiger partial charge in [-0.3, -0.25) is 14.2 Å². The maximum absolute atomic E-state index is 12.6. The summed E-state index contributed by atoms with van der Waals surface area (Å²) in [4.78, 5) is 29.8. The van der Waals surface area contributed by atoms with Gasteiger partial charge in [0, 0.05) is 31.7 Å². The number of para-hydroxylation sites is 1. The fourth-order valence-corrected chi connectivity index (χ4v) is 2.38. The minimum atomic E-state index is -0.104. The predicted molar refractivity (Wildman–Crippen MR) is 77.1 cm³/mol. The van der Waals surface area contributed by atoms with Crippen LogP contribution in [0.5, 0.6) is 0 Å². The van der Waals surface area contributed by atoms with Crippen molar-refractivity contribution in [2.45, 2.75) is 6.42 Å². The Morgan fingerprint density at radius 3 is 2.81 bits per heavy atom. The van der Waals surface area contributed by atoms with Crippen molar-refractivity contribution in [3.63, 3.8) is 0 Å². The van der Waals surface area contributed by atoms with Crippen molar-refractivity contribution < 1.29 is 9.59 Å². The molecule has 108 valence electrons. The molecular weight excluding hydrogens is 268 g/mol. The van der Waals surface area contributed by atoms with Gasteiger partial charge in [-0.2, -0.15) is 0 Å². The van der Waals surface area contributed by atoms with Gasteiger partial charge in [-0.25, -0.2) is 4.98 Å². The van der Waals surface area contributed by atoms with Gasteiger partial charge < -0.3 is 10.2 Å². The van der Waals surface area contributed by atoms with E-state index in [1.54, 1.807) is 22.0 Å². The van der Waals surface area contributed by atoms with Crippen molar-refractivity contribution in [3.05, 3.63) is 48.5 Å². The van der Waals surface area contributed by atoms with E-state index < -0.39 is 0 Å². The first-order chi connectivity index (χ1) is 10.3. The number of nitrogens with zero attached hydrogens (tertiary/aromatic N) is 3. The van der Waals surface area contributed by atoms with Crippen LogP contribution in [0.1, 0.15) is 16.9 Å². The standard InChI is InChI=1S/C15H16N4O2/c20-14-6-8-18(9-7-17-14)15(21)13-10-16-11-19(13)12-4-2-1-3-5-12/h1-5,10-11H,6-9H2,(H,17,20). The molecule has 6 nitrogen and oxygen atoms in total. The molecule has 1 N–H and O–H groups in total. The molecule has 1 aromatic carbocycles. The first kappa shape index (κ1) is 13.4. The zero-order valence-corrected chi connectivity index (χ0v) is 11.5. The zero-order valence-electron chi connectivity index (χ0n) is 11.5. The second-order valence-corrected chi connectivity index (χ2v) is 4.88. The number of hydrogen-bond donors (Lipinski definition) is 1. The van der Waals surface area contributed by atoms with Crippen LogP contribution in [0, 0.1) is 0 Å². The van der Waals surface area contributed by atoms with Crippen LogP contribution in [0.2, 0.25) is 0 Å². The lowest BCUT2D eigenvalue weighted by Gasteiger charge is -2.20. The monoisotopic (exact) mass is 284 g/mol. The van der Waals surface area contributed by atoms with E-state index in [0.717, 1.165) is 5.69 Å². The van der Waals surface area contributed by atoms with Crippen LogP contribution in [-0.2, 0) is 4.79 Å². The number of carbonyl (C=O) groups is 2. The number of rotatable bonds is 2. The van der Waals surface area contributed by atoms with Gasteiger partial charge in [0.1, 0.15) is 5.69 Å². The summed E-state index contributed by atoms with van der Waals surface area (Å²) in [7, 11) is 0. The highest BCUT2D eigenvalue weighted by atomic mass is 16.2. The predicted octanol–water partition coefficient (Wildman–Crippen LogP) is 0.834. The number of nitrogens with one attached hydrogen (secondary N) is 1. The quantitative estimate of drug-likeness (QED) is 0.888. The highest BCUT2D eigenvalue weighted by Gasteiger charge is 2.22. The Morgan fingerprint density at radius 2 is 2.00 bits per heavy atom. The van der Waals surface area contributed by atoms with E-state index in [1.165, 1.54) is 0 Å². The molecular formula is C15H16N4O2. The van der Waals surface area contributed by atoms with E-state index in [0.29, 0.717) is 31.7 Å². The van der Waals surface area contributed by atoms with Crippen molar-refractivity contribution >= 4 is 11.8 Å². The molecule has 2 heterocycles. The molecule has 0 atom stereocenters. The molecule has 2 aromatic rings. The number of carbonyl (C=O) groups excluding carboxylic acids is 2. The fourth-order valence-electron chi connectivity index (χ4n) is 2.38. The highest BCUT2D eigenvalue weighted by molar-refractivity contribution is 5.93. The number of amides is 2. The molecule has 0 bridgehead atoms. The third-order valence-corrected chi connectivity index (χ3v) is 3.49. The minimum Gasteiger partial charge on any atom is -0.354 e. The van der Waals surface area contributed by atoms with Gasteiger partial charge in [0.2, 0.25) is 5.91 Å². The smallest absolute Gasteiger partial charge is 0.272 e. The van der Waals surface area contributed by atoms with Gasteiger partial charge in [0.05, 0.1) is 12.5 Å². The molecule has 3 rings (SSSR count). The van der Waals surface area contributed by atoms with E-state index in [4.69, 9.17) is 0 Å². The molecule has 0 unspecified atom stereocenters. The van der Waals surface area contributed by atoms with Crippen LogP contribution in [0.3, 0.4) is 0 Å². The summed E-state index contributed by atoms with van der Waals surface area (Å²) in [5.41, 5.74) is 1.40. The van der Waals surface area contributed by atoms with Crippen LogP contribution >= 0.6 is 0 Å². The Morgan fingerprint density at radius 1 is 1.19 bits per heavy atom. The van der Waals surface area contributed by atoms with Gasteiger partial charge in [0.15, 0.2) is 0 Å². The number of hydrogen-bond acceptors (Lipinski definition) is 3. The van der Waals surface area contributed by atoms with Crippen LogP contribution < -0.4 is 5.32 Å². The maximum Gasteiger partial charge on any atom is 0.272 e. The van der Waals surface area contributed by atoms with E-state index in [9.17, 15) is 9.59 Å². The fraction of sp³-hybridized carbons (Fsp3) is 0.267. The minimum absolute atomic E-state index is 0.0122. The first-order valence-electron chi connectivity index (χ1n) is 6.89. The summed E-state index contributed by atoms with van der Waals surface area (Å²) in [6.45, 7) is 1.44. The molecule has 0 spiro atoms. The molecule has 21 heavy (non-hydrogen) atoms. The molecule has 1 aliphatic rings. The second-order valence-electron chi connectivity index (χ2n) is 4.88. The topological polar surface area (TPSA) is 67.2 Å². The van der Waals surface area contributed by atoms with Crippen LogP contribution in [-0.4, -0.2) is 45.9 Å². The molecule has 0 saturated carbocycles. The first-order valence-corrected chi connectivity index (χ1v) is 6.89. The Labute approximate surface area is 122 Å². The van der Waals surface area contributed by atoms with Crippen LogP contribution in [0.4, 0.5) is 0 Å². The summed E-state index contributed by atoms with van der Waals surface area (Å²) in [6, 6.07) is 9.60. The van der Waals surface area contributed by atoms with Gasteiger partial charge in [-0.15, -0.1) is 0 Å². The van der Waals surface area contributed by atoms with Crippen molar-refractivity contribution in [1.29, 1.82) is 0 Å². The van der Waals surface area contributed by atoms with Gasteiger partial charge in [-0.05, 0) is 12.1 Å². The normalized spacial score (nSPS) is 15.4. The summed E-state index contributed by atoms with van der Waals surface area (Å²) in [6.07, 6.45) is 3.53. The zero-order chi connectivity index (χ0) is 14.7. The summed E-state index contributed by atoms with van der Waals surface area (Å²) in [5.74, 6) is -0.116. The SMILES string of the molecule is O=C1CCN(C(=O)c2cncn2-c2ccccc2)CCN1. The average Bonchev–Trinajstić information content (AvgIpc) is 2.90. The van der Waals surface area contributed by atoms with Crippen molar-refractivity contribution in [2.24, 2.45) is 0 Å². The average molecular weight is 284 g/mol. The number of imidazole rings is 1. The molecule has 1 aliphatic heterocycles. The van der Waals surface area contributed by atoms with E-state index in [1.807, 2.05) is 30.3 Å². The maximum atomic E-state index is 12.6. The summed E-state index contributed by atoms with van der Waals surface area (Å²) < 4.78 is 1.77. The largest absolute Gasteiger partial charge is 0.354 e. The molecule has 1 aromatic heterocycles. The lowest BCUT2D eigenvalue weighted by atomic mass is 10.3. The van der Waals surface area contributed by atoms with E-state index in [-0.39, 0.29) is 11.8 Å². The van der Waals surface area contributed by atoms with Crippen molar-refractivity contribution in [2.75, 3.05) is 19.6 Å². The van der Waals surface area contributed by atoms with E-state index in [2.05, 4.69) is 10.3 Å². The molecule has 0 aliphatic carbocycles. The summed E-state index contributed by atoms with van der Waals surface area (Å²) in [5, 5.41) is 2.77. The Bertz CT molecular complexity index is 651.